The maximum Gasteiger partial charge on any atom is 0.220 e. The molecule has 5 nitrogen and oxygen atoms in total. The normalized spacial score (nSPS) is 26.6. The fourth-order valence-electron chi connectivity index (χ4n) is 4.31. The van der Waals surface area contributed by atoms with Gasteiger partial charge in [0.15, 0.2) is 5.65 Å². The molecule has 0 spiro atoms. The Hall–Kier alpha value is -1.91. The molecule has 1 amide bonds. The average molecular weight is 298 g/mol. The van der Waals surface area contributed by atoms with Crippen LogP contribution in [0.4, 0.5) is 0 Å². The second kappa shape index (κ2) is 5.71. The van der Waals surface area contributed by atoms with E-state index in [9.17, 15) is 4.79 Å². The van der Waals surface area contributed by atoms with E-state index in [0.717, 1.165) is 23.3 Å². The first-order chi connectivity index (χ1) is 10.8. The van der Waals surface area contributed by atoms with Gasteiger partial charge in [-0.15, -0.1) is 10.2 Å². The number of nitrogens with zero attached hydrogens (tertiary/aromatic N) is 3. The third-order valence-corrected chi connectivity index (χ3v) is 5.39. The number of hydrogen-bond donors (Lipinski definition) is 1. The van der Waals surface area contributed by atoms with Gasteiger partial charge in [-0.3, -0.25) is 9.20 Å². The molecule has 2 bridgehead atoms. The molecule has 22 heavy (non-hydrogen) atoms. The maximum absolute atomic E-state index is 12.1. The van der Waals surface area contributed by atoms with Crippen LogP contribution in [-0.2, 0) is 11.2 Å². The van der Waals surface area contributed by atoms with E-state index in [-0.39, 0.29) is 5.91 Å². The molecule has 4 rings (SSSR count). The third-order valence-electron chi connectivity index (χ3n) is 5.39. The molecule has 0 aromatic carbocycles. The number of fused-ring (bicyclic) bond motifs is 3. The highest BCUT2D eigenvalue weighted by Gasteiger charge is 2.39. The van der Waals surface area contributed by atoms with Crippen molar-refractivity contribution in [2.75, 3.05) is 6.54 Å². The molecule has 116 valence electrons. The Balaban J connectivity index is 1.27. The van der Waals surface area contributed by atoms with Crippen LogP contribution in [0.5, 0.6) is 0 Å². The first-order valence-electron chi connectivity index (χ1n) is 8.35. The number of carbonyl (C=O) groups excluding carboxylic acids is 1. The second-order valence-electron chi connectivity index (χ2n) is 6.78. The van der Waals surface area contributed by atoms with Crippen molar-refractivity contribution in [2.45, 2.75) is 38.5 Å². The fourth-order valence-corrected chi connectivity index (χ4v) is 4.31. The van der Waals surface area contributed by atoms with Crippen LogP contribution >= 0.6 is 0 Å². The molecule has 2 saturated carbocycles. The van der Waals surface area contributed by atoms with E-state index in [4.69, 9.17) is 0 Å². The average Bonchev–Trinajstić information content (AvgIpc) is 3.23. The third kappa shape index (κ3) is 2.60. The summed E-state index contributed by atoms with van der Waals surface area (Å²) in [6.45, 7) is 0.634. The summed E-state index contributed by atoms with van der Waals surface area (Å²) in [6, 6.07) is 5.85. The molecule has 3 unspecified atom stereocenters. The summed E-state index contributed by atoms with van der Waals surface area (Å²) in [5.41, 5.74) is 0.853. The number of aromatic nitrogens is 3. The number of pyridine rings is 1. The SMILES string of the molecule is O=C(CC1CC2CCC1C2)NCCc1nnc2ccccn12. The van der Waals surface area contributed by atoms with Crippen LogP contribution in [0.3, 0.4) is 0 Å². The highest BCUT2D eigenvalue weighted by Crippen LogP contribution is 2.49. The molecule has 2 aromatic rings. The zero-order chi connectivity index (χ0) is 14.9. The Morgan fingerprint density at radius 3 is 3.05 bits per heavy atom. The van der Waals surface area contributed by atoms with E-state index in [1.807, 2.05) is 28.8 Å². The quantitative estimate of drug-likeness (QED) is 0.920. The van der Waals surface area contributed by atoms with Gasteiger partial charge in [0.2, 0.25) is 5.91 Å². The van der Waals surface area contributed by atoms with Gasteiger partial charge in [0.05, 0.1) is 0 Å². The lowest BCUT2D eigenvalue weighted by Crippen LogP contribution is -2.29. The van der Waals surface area contributed by atoms with Crippen LogP contribution in [0.1, 0.15) is 37.9 Å². The number of hydrogen-bond acceptors (Lipinski definition) is 3. The maximum atomic E-state index is 12.1. The van der Waals surface area contributed by atoms with Gasteiger partial charge in [0.25, 0.3) is 0 Å². The van der Waals surface area contributed by atoms with Crippen LogP contribution in [0.15, 0.2) is 24.4 Å². The lowest BCUT2D eigenvalue weighted by atomic mass is 9.86. The van der Waals surface area contributed by atoms with Gasteiger partial charge in [0, 0.05) is 25.6 Å². The molecule has 2 aliphatic carbocycles. The van der Waals surface area contributed by atoms with Crippen LogP contribution < -0.4 is 5.32 Å². The molecule has 2 fully saturated rings. The van der Waals surface area contributed by atoms with E-state index in [2.05, 4.69) is 15.5 Å². The fraction of sp³-hybridized carbons (Fsp3) is 0.588. The van der Waals surface area contributed by atoms with Gasteiger partial charge in [-0.2, -0.15) is 0 Å². The summed E-state index contributed by atoms with van der Waals surface area (Å²) in [7, 11) is 0. The molecule has 0 radical (unpaired) electrons. The minimum atomic E-state index is 0.200. The lowest BCUT2D eigenvalue weighted by Gasteiger charge is -2.20. The van der Waals surface area contributed by atoms with Crippen molar-refractivity contribution in [3.8, 4) is 0 Å². The predicted octanol–water partition coefficient (Wildman–Crippen LogP) is 2.21. The van der Waals surface area contributed by atoms with Crippen molar-refractivity contribution < 1.29 is 4.79 Å². The highest BCUT2D eigenvalue weighted by molar-refractivity contribution is 5.76. The number of nitrogens with one attached hydrogen (secondary N) is 1. The van der Waals surface area contributed by atoms with E-state index >= 15 is 0 Å². The van der Waals surface area contributed by atoms with Gasteiger partial charge in [0.1, 0.15) is 5.82 Å². The minimum Gasteiger partial charge on any atom is -0.356 e. The largest absolute Gasteiger partial charge is 0.356 e. The molecule has 0 saturated heterocycles. The predicted molar refractivity (Wildman–Crippen MR) is 83.3 cm³/mol. The zero-order valence-electron chi connectivity index (χ0n) is 12.7. The second-order valence-corrected chi connectivity index (χ2v) is 6.78. The Morgan fingerprint density at radius 1 is 1.27 bits per heavy atom. The lowest BCUT2D eigenvalue weighted by molar-refractivity contribution is -0.122. The molecular weight excluding hydrogens is 276 g/mol. The van der Waals surface area contributed by atoms with Crippen LogP contribution in [-0.4, -0.2) is 27.0 Å². The molecule has 2 aromatic heterocycles. The number of carbonyl (C=O) groups is 1. The standard InChI is InChI=1S/C17H22N4O/c22-17(11-14-10-12-4-5-13(14)9-12)18-7-6-16-20-19-15-3-1-2-8-21(15)16/h1-3,8,12-14H,4-7,9-11H2,(H,18,22). The van der Waals surface area contributed by atoms with Gasteiger partial charge in [-0.1, -0.05) is 12.5 Å². The number of rotatable bonds is 5. The van der Waals surface area contributed by atoms with Crippen LogP contribution in [0.25, 0.3) is 5.65 Å². The Morgan fingerprint density at radius 2 is 2.23 bits per heavy atom. The summed E-state index contributed by atoms with van der Waals surface area (Å²) in [5, 5.41) is 11.4. The van der Waals surface area contributed by atoms with Gasteiger partial charge in [-0.25, -0.2) is 0 Å². The van der Waals surface area contributed by atoms with Gasteiger partial charge >= 0.3 is 0 Å². The number of amides is 1. The monoisotopic (exact) mass is 298 g/mol. The van der Waals surface area contributed by atoms with E-state index in [1.54, 1.807) is 0 Å². The molecular formula is C17H22N4O. The summed E-state index contributed by atoms with van der Waals surface area (Å²) in [6.07, 6.45) is 8.75. The van der Waals surface area contributed by atoms with Crippen molar-refractivity contribution in [3.05, 3.63) is 30.2 Å². The Labute approximate surface area is 130 Å². The Bertz CT molecular complexity index is 680. The van der Waals surface area contributed by atoms with E-state index in [1.165, 1.54) is 25.7 Å². The molecule has 3 atom stereocenters. The zero-order valence-corrected chi connectivity index (χ0v) is 12.7. The first-order valence-corrected chi connectivity index (χ1v) is 8.35. The highest BCUT2D eigenvalue weighted by atomic mass is 16.1. The Kier molecular flexibility index (Phi) is 3.56. The minimum absolute atomic E-state index is 0.200. The van der Waals surface area contributed by atoms with Crippen LogP contribution in [0.2, 0.25) is 0 Å². The van der Waals surface area contributed by atoms with Crippen LogP contribution in [0, 0.1) is 17.8 Å². The molecule has 2 heterocycles. The van der Waals surface area contributed by atoms with Crippen molar-refractivity contribution in [2.24, 2.45) is 17.8 Å². The van der Waals surface area contributed by atoms with Crippen molar-refractivity contribution >= 4 is 11.6 Å². The summed E-state index contributed by atoms with van der Waals surface area (Å²) in [4.78, 5) is 12.1. The molecule has 2 aliphatic rings. The smallest absolute Gasteiger partial charge is 0.220 e. The van der Waals surface area contributed by atoms with Gasteiger partial charge in [-0.05, 0) is 49.1 Å². The summed E-state index contributed by atoms with van der Waals surface area (Å²) < 4.78 is 1.97. The topological polar surface area (TPSA) is 59.3 Å². The van der Waals surface area contributed by atoms with Gasteiger partial charge < -0.3 is 5.32 Å². The summed E-state index contributed by atoms with van der Waals surface area (Å²) in [5.74, 6) is 3.45. The molecule has 5 heteroatoms. The van der Waals surface area contributed by atoms with E-state index < -0.39 is 0 Å². The van der Waals surface area contributed by atoms with E-state index in [0.29, 0.717) is 25.3 Å². The first kappa shape index (κ1) is 13.7. The van der Waals surface area contributed by atoms with Crippen molar-refractivity contribution in [3.63, 3.8) is 0 Å². The molecule has 0 aliphatic heterocycles. The van der Waals surface area contributed by atoms with Crippen molar-refractivity contribution in [1.82, 2.24) is 19.9 Å². The molecule has 1 N–H and O–H groups in total. The van der Waals surface area contributed by atoms with Crippen molar-refractivity contribution in [1.29, 1.82) is 0 Å². The summed E-state index contributed by atoms with van der Waals surface area (Å²) >= 11 is 0.